The Kier molecular flexibility index (Phi) is 6.04. The van der Waals surface area contributed by atoms with Crippen LogP contribution in [-0.4, -0.2) is 4.98 Å². The molecule has 0 radical (unpaired) electrons. The molecule has 254 valence electrons. The van der Waals surface area contributed by atoms with Gasteiger partial charge in [0.15, 0.2) is 5.58 Å². The number of fused-ring (bicyclic) bond motifs is 10. The lowest BCUT2D eigenvalue weighted by molar-refractivity contribution is 0.617. The lowest BCUT2D eigenvalue weighted by Gasteiger charge is -2.30. The van der Waals surface area contributed by atoms with Gasteiger partial charge in [0.2, 0.25) is 5.89 Å². The van der Waals surface area contributed by atoms with Gasteiger partial charge in [0, 0.05) is 56.2 Å². The summed E-state index contributed by atoms with van der Waals surface area (Å²) in [5, 5.41) is 2.07. The van der Waals surface area contributed by atoms with Crippen molar-refractivity contribution >= 4 is 50.1 Å². The first-order valence-corrected chi connectivity index (χ1v) is 18.4. The molecule has 0 unspecified atom stereocenters. The monoisotopic (exact) mass is 684 g/mol. The SMILES string of the molecule is CC1(C)c2ccccc2-c2ccc(N(c3ccc4c(c3)oc3cc5oc(-c6ccccc6)nc5cc34)c3cccc4c3-c3ccccc3C4(C)C)cc21. The number of hydrogen-bond donors (Lipinski definition) is 0. The van der Waals surface area contributed by atoms with Gasteiger partial charge >= 0.3 is 0 Å². The molecule has 11 rings (SSSR count). The molecular weight excluding hydrogens is 649 g/mol. The van der Waals surface area contributed by atoms with Crippen LogP contribution in [0, 0.1) is 0 Å². The van der Waals surface area contributed by atoms with Crippen molar-refractivity contribution < 1.29 is 8.83 Å². The first kappa shape index (κ1) is 30.3. The second kappa shape index (κ2) is 10.6. The summed E-state index contributed by atoms with van der Waals surface area (Å²) < 4.78 is 12.9. The van der Waals surface area contributed by atoms with E-state index >= 15 is 0 Å². The zero-order chi connectivity index (χ0) is 35.6. The van der Waals surface area contributed by atoms with Crippen molar-refractivity contribution in [3.05, 3.63) is 168 Å². The van der Waals surface area contributed by atoms with Crippen LogP contribution >= 0.6 is 0 Å². The van der Waals surface area contributed by atoms with Gasteiger partial charge in [-0.25, -0.2) is 4.98 Å². The van der Waals surface area contributed by atoms with E-state index in [1.165, 1.54) is 44.5 Å². The molecule has 53 heavy (non-hydrogen) atoms. The maximum Gasteiger partial charge on any atom is 0.227 e. The summed E-state index contributed by atoms with van der Waals surface area (Å²) in [5.41, 5.74) is 17.7. The Bertz CT molecular complexity index is 2960. The molecular formula is C49H36N2O2. The Morgan fingerprint density at radius 3 is 1.94 bits per heavy atom. The summed E-state index contributed by atoms with van der Waals surface area (Å²) in [6.07, 6.45) is 0. The first-order valence-electron chi connectivity index (χ1n) is 18.4. The fourth-order valence-corrected chi connectivity index (χ4v) is 9.21. The second-order valence-corrected chi connectivity index (χ2v) is 15.6. The number of hydrogen-bond acceptors (Lipinski definition) is 4. The van der Waals surface area contributed by atoms with E-state index in [1.807, 2.05) is 36.4 Å². The molecule has 0 saturated carbocycles. The van der Waals surface area contributed by atoms with Crippen molar-refractivity contribution in [2.75, 3.05) is 4.90 Å². The zero-order valence-corrected chi connectivity index (χ0v) is 30.1. The van der Waals surface area contributed by atoms with Gasteiger partial charge in [-0.3, -0.25) is 0 Å². The Morgan fingerprint density at radius 1 is 0.472 bits per heavy atom. The standard InChI is InChI=1S/C49H36N2O2/c1-48(2)38-18-11-9-16-35(38)46-39(48)19-12-20-42(46)51(30-21-23-33-32-15-8-10-17-37(32)49(3,4)40(33)25-30)31-22-24-34-36-27-41-45(28-44(36)52-43(34)26-31)53-47(50-41)29-13-6-5-7-14-29/h5-28H,1-4H3. The predicted molar refractivity (Wildman–Crippen MR) is 217 cm³/mol. The third kappa shape index (κ3) is 4.21. The molecule has 0 saturated heterocycles. The number of benzene rings is 7. The van der Waals surface area contributed by atoms with E-state index < -0.39 is 0 Å². The van der Waals surface area contributed by atoms with E-state index in [1.54, 1.807) is 0 Å². The van der Waals surface area contributed by atoms with Gasteiger partial charge < -0.3 is 13.7 Å². The zero-order valence-electron chi connectivity index (χ0n) is 30.1. The Morgan fingerprint density at radius 2 is 1.11 bits per heavy atom. The Balaban J connectivity index is 1.12. The number of nitrogens with zero attached hydrogens (tertiary/aromatic N) is 2. The van der Waals surface area contributed by atoms with Gasteiger partial charge in [-0.2, -0.15) is 0 Å². The van der Waals surface area contributed by atoms with E-state index in [4.69, 9.17) is 13.8 Å². The molecule has 2 aliphatic rings. The molecule has 2 heterocycles. The van der Waals surface area contributed by atoms with Crippen LogP contribution in [0.4, 0.5) is 17.1 Å². The highest BCUT2D eigenvalue weighted by molar-refractivity contribution is 6.10. The maximum absolute atomic E-state index is 6.66. The molecule has 0 fully saturated rings. The molecule has 0 aliphatic heterocycles. The quantitative estimate of drug-likeness (QED) is 0.185. The third-order valence-corrected chi connectivity index (χ3v) is 11.9. The molecule has 0 bridgehead atoms. The smallest absolute Gasteiger partial charge is 0.227 e. The molecule has 7 aromatic carbocycles. The van der Waals surface area contributed by atoms with Crippen molar-refractivity contribution in [3.8, 4) is 33.7 Å². The maximum atomic E-state index is 6.66. The topological polar surface area (TPSA) is 42.4 Å². The Hall–Kier alpha value is -6.39. The van der Waals surface area contributed by atoms with Crippen molar-refractivity contribution in [1.29, 1.82) is 0 Å². The highest BCUT2D eigenvalue weighted by Crippen LogP contribution is 2.56. The fraction of sp³-hybridized carbons (Fsp3) is 0.122. The molecule has 9 aromatic rings. The van der Waals surface area contributed by atoms with Crippen molar-refractivity contribution in [2.24, 2.45) is 0 Å². The van der Waals surface area contributed by atoms with Crippen LogP contribution in [0.1, 0.15) is 49.9 Å². The highest BCUT2D eigenvalue weighted by Gasteiger charge is 2.39. The molecule has 4 heteroatoms. The van der Waals surface area contributed by atoms with E-state index in [9.17, 15) is 0 Å². The van der Waals surface area contributed by atoms with Gasteiger partial charge in [0.1, 0.15) is 16.7 Å². The van der Waals surface area contributed by atoms with Gasteiger partial charge in [0.25, 0.3) is 0 Å². The highest BCUT2D eigenvalue weighted by atomic mass is 16.4. The lowest BCUT2D eigenvalue weighted by Crippen LogP contribution is -2.17. The average Bonchev–Trinajstić information content (AvgIpc) is 3.89. The van der Waals surface area contributed by atoms with Gasteiger partial charge in [-0.05, 0) is 87.5 Å². The van der Waals surface area contributed by atoms with Crippen molar-refractivity contribution in [3.63, 3.8) is 0 Å². The summed E-state index contributed by atoms with van der Waals surface area (Å²) in [6, 6.07) is 52.2. The minimum Gasteiger partial charge on any atom is -0.456 e. The number of aromatic nitrogens is 1. The van der Waals surface area contributed by atoms with E-state index in [-0.39, 0.29) is 10.8 Å². The number of furan rings is 1. The van der Waals surface area contributed by atoms with Crippen LogP contribution in [-0.2, 0) is 10.8 Å². The summed E-state index contributed by atoms with van der Waals surface area (Å²) >= 11 is 0. The second-order valence-electron chi connectivity index (χ2n) is 15.6. The van der Waals surface area contributed by atoms with Crippen LogP contribution in [0.25, 0.3) is 66.7 Å². The summed E-state index contributed by atoms with van der Waals surface area (Å²) in [5.74, 6) is 0.608. The van der Waals surface area contributed by atoms with E-state index in [0.717, 1.165) is 50.1 Å². The van der Waals surface area contributed by atoms with Gasteiger partial charge in [0.05, 0.1) is 5.69 Å². The summed E-state index contributed by atoms with van der Waals surface area (Å²) in [4.78, 5) is 7.28. The molecule has 0 spiro atoms. The minimum atomic E-state index is -0.130. The summed E-state index contributed by atoms with van der Waals surface area (Å²) in [7, 11) is 0. The van der Waals surface area contributed by atoms with Gasteiger partial charge in [-0.1, -0.05) is 113 Å². The van der Waals surface area contributed by atoms with Crippen LogP contribution in [0.3, 0.4) is 0 Å². The van der Waals surface area contributed by atoms with Crippen molar-refractivity contribution in [1.82, 2.24) is 4.98 Å². The molecule has 2 aliphatic carbocycles. The Labute approximate surface area is 308 Å². The number of anilines is 3. The van der Waals surface area contributed by atoms with Gasteiger partial charge in [-0.15, -0.1) is 0 Å². The van der Waals surface area contributed by atoms with Crippen LogP contribution in [0.15, 0.2) is 154 Å². The van der Waals surface area contributed by atoms with E-state index in [2.05, 4.69) is 142 Å². The fourth-order valence-electron chi connectivity index (χ4n) is 9.21. The largest absolute Gasteiger partial charge is 0.456 e. The van der Waals surface area contributed by atoms with Crippen LogP contribution in [0.5, 0.6) is 0 Å². The van der Waals surface area contributed by atoms with Crippen LogP contribution in [0.2, 0.25) is 0 Å². The lowest BCUT2D eigenvalue weighted by atomic mass is 9.82. The first-order chi connectivity index (χ1) is 25.8. The van der Waals surface area contributed by atoms with Crippen molar-refractivity contribution in [2.45, 2.75) is 38.5 Å². The molecule has 4 nitrogen and oxygen atoms in total. The normalized spacial score (nSPS) is 14.7. The molecule has 2 aromatic heterocycles. The van der Waals surface area contributed by atoms with Crippen LogP contribution < -0.4 is 4.90 Å². The molecule has 0 amide bonds. The molecule has 0 atom stereocenters. The average molecular weight is 685 g/mol. The number of oxazole rings is 1. The predicted octanol–water partition coefficient (Wildman–Crippen LogP) is 13.5. The van der Waals surface area contributed by atoms with E-state index in [0.29, 0.717) is 11.5 Å². The third-order valence-electron chi connectivity index (χ3n) is 11.9. The number of rotatable bonds is 4. The summed E-state index contributed by atoms with van der Waals surface area (Å²) in [6.45, 7) is 9.38. The minimum absolute atomic E-state index is 0.122. The molecule has 0 N–H and O–H groups in total.